The Morgan fingerprint density at radius 3 is 2.80 bits per heavy atom. The molecular weight excluding hydrogens is 252 g/mol. The summed E-state index contributed by atoms with van der Waals surface area (Å²) in [6.07, 6.45) is 3.80. The first-order chi connectivity index (χ1) is 9.76. The normalized spacial score (nSPS) is 18.3. The number of nitrogens with one attached hydrogen (secondary N) is 1. The van der Waals surface area contributed by atoms with Gasteiger partial charge in [-0.15, -0.1) is 0 Å². The highest BCUT2D eigenvalue weighted by Gasteiger charge is 2.28. The van der Waals surface area contributed by atoms with Gasteiger partial charge in [0.25, 0.3) is 5.91 Å². The first-order valence-electron chi connectivity index (χ1n) is 7.52. The number of rotatable bonds is 6. The summed E-state index contributed by atoms with van der Waals surface area (Å²) in [6, 6.07) is 7.98. The Kier molecular flexibility index (Phi) is 5.41. The van der Waals surface area contributed by atoms with Crippen LogP contribution in [0.3, 0.4) is 0 Å². The molecule has 0 aliphatic carbocycles. The highest BCUT2D eigenvalue weighted by Crippen LogP contribution is 2.24. The fourth-order valence-corrected chi connectivity index (χ4v) is 2.83. The molecule has 1 aliphatic rings. The number of anilines is 1. The zero-order valence-electron chi connectivity index (χ0n) is 12.1. The number of amides is 1. The number of aliphatic hydroxyl groups is 1. The maximum Gasteiger partial charge on any atom is 0.254 e. The van der Waals surface area contributed by atoms with Crippen molar-refractivity contribution in [3.05, 3.63) is 29.8 Å². The highest BCUT2D eigenvalue weighted by atomic mass is 16.3. The molecule has 1 saturated heterocycles. The molecule has 0 saturated carbocycles. The van der Waals surface area contributed by atoms with Crippen LogP contribution < -0.4 is 5.32 Å². The van der Waals surface area contributed by atoms with Crippen LogP contribution in [0.4, 0.5) is 5.69 Å². The van der Waals surface area contributed by atoms with Crippen molar-refractivity contribution in [1.29, 1.82) is 0 Å². The van der Waals surface area contributed by atoms with E-state index in [-0.39, 0.29) is 12.5 Å². The van der Waals surface area contributed by atoms with Gasteiger partial charge in [0.1, 0.15) is 0 Å². The molecule has 1 atom stereocenters. The molecule has 0 bridgehead atoms. The summed E-state index contributed by atoms with van der Waals surface area (Å²) in [5.74, 6) is 0.119. The number of benzene rings is 1. The number of hydrogen-bond donors (Lipinski definition) is 2. The van der Waals surface area contributed by atoms with Crippen LogP contribution >= 0.6 is 0 Å². The second-order valence-electron chi connectivity index (χ2n) is 5.27. The Morgan fingerprint density at radius 2 is 2.15 bits per heavy atom. The third-order valence-corrected chi connectivity index (χ3v) is 3.85. The summed E-state index contributed by atoms with van der Waals surface area (Å²) in [5, 5.41) is 12.2. The van der Waals surface area contributed by atoms with E-state index in [9.17, 15) is 4.79 Å². The molecule has 0 radical (unpaired) electrons. The van der Waals surface area contributed by atoms with Crippen LogP contribution in [0.5, 0.6) is 0 Å². The minimum atomic E-state index is 0.119. The van der Waals surface area contributed by atoms with E-state index >= 15 is 0 Å². The van der Waals surface area contributed by atoms with Crippen molar-refractivity contribution in [3.63, 3.8) is 0 Å². The number of hydrogen-bond acceptors (Lipinski definition) is 3. The molecule has 110 valence electrons. The Bertz CT molecular complexity index is 431. The van der Waals surface area contributed by atoms with Crippen molar-refractivity contribution < 1.29 is 9.90 Å². The topological polar surface area (TPSA) is 52.6 Å². The lowest BCUT2D eigenvalue weighted by molar-refractivity contribution is 0.0724. The molecule has 1 heterocycles. The van der Waals surface area contributed by atoms with E-state index in [1.165, 1.54) is 0 Å². The van der Waals surface area contributed by atoms with Crippen molar-refractivity contribution in [2.45, 2.75) is 38.6 Å². The van der Waals surface area contributed by atoms with E-state index in [2.05, 4.69) is 12.2 Å². The Morgan fingerprint density at radius 1 is 1.40 bits per heavy atom. The van der Waals surface area contributed by atoms with E-state index in [1.807, 2.05) is 29.2 Å². The summed E-state index contributed by atoms with van der Waals surface area (Å²) >= 11 is 0. The van der Waals surface area contributed by atoms with Crippen molar-refractivity contribution in [3.8, 4) is 0 Å². The molecule has 0 aromatic heterocycles. The van der Waals surface area contributed by atoms with Gasteiger partial charge >= 0.3 is 0 Å². The van der Waals surface area contributed by atoms with Gasteiger partial charge in [-0.3, -0.25) is 4.79 Å². The average molecular weight is 276 g/mol. The molecule has 1 aliphatic heterocycles. The fraction of sp³-hybridized carbons (Fsp3) is 0.562. The largest absolute Gasteiger partial charge is 0.396 e. The molecule has 2 rings (SSSR count). The Balaban J connectivity index is 2.02. The van der Waals surface area contributed by atoms with Crippen molar-refractivity contribution in [2.75, 3.05) is 25.0 Å². The lowest BCUT2D eigenvalue weighted by atomic mass is 10.1. The molecule has 1 amide bonds. The SMILES string of the molecule is CCNc1ccc(C(=O)N2CCCC2CCCO)cc1. The average Bonchev–Trinajstić information content (AvgIpc) is 2.94. The first kappa shape index (κ1) is 14.9. The van der Waals surface area contributed by atoms with Gasteiger partial charge in [0, 0.05) is 37.0 Å². The molecule has 1 fully saturated rings. The minimum Gasteiger partial charge on any atom is -0.396 e. The smallest absolute Gasteiger partial charge is 0.254 e. The first-order valence-corrected chi connectivity index (χ1v) is 7.52. The van der Waals surface area contributed by atoms with Gasteiger partial charge < -0.3 is 15.3 Å². The van der Waals surface area contributed by atoms with Gasteiger partial charge in [-0.25, -0.2) is 0 Å². The quantitative estimate of drug-likeness (QED) is 0.839. The molecule has 4 heteroatoms. The summed E-state index contributed by atoms with van der Waals surface area (Å²) in [6.45, 7) is 3.97. The number of carbonyl (C=O) groups excluding carboxylic acids is 1. The van der Waals surface area contributed by atoms with Crippen LogP contribution in [0.15, 0.2) is 24.3 Å². The molecule has 1 unspecified atom stereocenters. The molecule has 1 aromatic rings. The van der Waals surface area contributed by atoms with Gasteiger partial charge in [-0.05, 0) is 56.9 Å². The third-order valence-electron chi connectivity index (χ3n) is 3.85. The van der Waals surface area contributed by atoms with Crippen molar-refractivity contribution in [2.24, 2.45) is 0 Å². The standard InChI is InChI=1S/C16H24N2O2/c1-2-17-14-9-7-13(8-10-14)16(20)18-11-3-5-15(18)6-4-12-19/h7-10,15,17,19H,2-6,11-12H2,1H3. The van der Waals surface area contributed by atoms with Gasteiger partial charge in [0.2, 0.25) is 0 Å². The van der Waals surface area contributed by atoms with Crippen LogP contribution in [0.25, 0.3) is 0 Å². The summed E-state index contributed by atoms with van der Waals surface area (Å²) in [5.41, 5.74) is 1.80. The highest BCUT2D eigenvalue weighted by molar-refractivity contribution is 5.95. The predicted octanol–water partition coefficient (Wildman–Crippen LogP) is 2.50. The minimum absolute atomic E-state index is 0.119. The monoisotopic (exact) mass is 276 g/mol. The van der Waals surface area contributed by atoms with Crippen molar-refractivity contribution in [1.82, 2.24) is 4.90 Å². The summed E-state index contributed by atoms with van der Waals surface area (Å²) in [7, 11) is 0. The van der Waals surface area contributed by atoms with Crippen LogP contribution in [0.1, 0.15) is 43.0 Å². The lowest BCUT2D eigenvalue weighted by Crippen LogP contribution is -2.35. The maximum absolute atomic E-state index is 12.5. The molecule has 20 heavy (non-hydrogen) atoms. The Hall–Kier alpha value is -1.55. The maximum atomic E-state index is 12.5. The number of carbonyl (C=O) groups is 1. The van der Waals surface area contributed by atoms with Gasteiger partial charge in [0.05, 0.1) is 0 Å². The zero-order valence-corrected chi connectivity index (χ0v) is 12.1. The van der Waals surface area contributed by atoms with Crippen LogP contribution in [-0.4, -0.2) is 41.7 Å². The molecule has 1 aromatic carbocycles. The van der Waals surface area contributed by atoms with Gasteiger partial charge in [0.15, 0.2) is 0 Å². The number of likely N-dealkylation sites (tertiary alicyclic amines) is 1. The van der Waals surface area contributed by atoms with Crippen LogP contribution in [0, 0.1) is 0 Å². The van der Waals surface area contributed by atoms with E-state index in [1.54, 1.807) is 0 Å². The number of nitrogens with zero attached hydrogens (tertiary/aromatic N) is 1. The van der Waals surface area contributed by atoms with E-state index in [4.69, 9.17) is 5.11 Å². The van der Waals surface area contributed by atoms with Crippen molar-refractivity contribution >= 4 is 11.6 Å². The van der Waals surface area contributed by atoms with E-state index in [0.29, 0.717) is 6.04 Å². The second kappa shape index (κ2) is 7.29. The van der Waals surface area contributed by atoms with Gasteiger partial charge in [-0.1, -0.05) is 0 Å². The van der Waals surface area contributed by atoms with E-state index < -0.39 is 0 Å². The summed E-state index contributed by atoms with van der Waals surface area (Å²) < 4.78 is 0. The Labute approximate surface area is 120 Å². The fourth-order valence-electron chi connectivity index (χ4n) is 2.83. The van der Waals surface area contributed by atoms with Gasteiger partial charge in [-0.2, -0.15) is 0 Å². The predicted molar refractivity (Wildman–Crippen MR) is 81.0 cm³/mol. The second-order valence-corrected chi connectivity index (χ2v) is 5.27. The van der Waals surface area contributed by atoms with E-state index in [0.717, 1.165) is 50.0 Å². The lowest BCUT2D eigenvalue weighted by Gasteiger charge is -2.24. The molecule has 4 nitrogen and oxygen atoms in total. The summed E-state index contributed by atoms with van der Waals surface area (Å²) in [4.78, 5) is 14.5. The molecule has 2 N–H and O–H groups in total. The molecular formula is C16H24N2O2. The third kappa shape index (κ3) is 3.51. The molecule has 0 spiro atoms. The van der Waals surface area contributed by atoms with Crippen LogP contribution in [0.2, 0.25) is 0 Å². The van der Waals surface area contributed by atoms with Crippen LogP contribution in [-0.2, 0) is 0 Å². The zero-order chi connectivity index (χ0) is 14.4. The number of aliphatic hydroxyl groups excluding tert-OH is 1.